The molecule has 0 aliphatic heterocycles. The largest absolute Gasteiger partial charge is 0.466 e. The molecule has 2 unspecified atom stereocenters. The van der Waals surface area contributed by atoms with E-state index < -0.39 is 12.1 Å². The van der Waals surface area contributed by atoms with Crippen molar-refractivity contribution in [1.82, 2.24) is 5.32 Å². The number of aliphatic hydroxyl groups excluding tert-OH is 2. The molecule has 0 saturated heterocycles. The number of amides is 1. The molecule has 1 amide bonds. The van der Waals surface area contributed by atoms with E-state index in [-0.39, 0.29) is 18.5 Å². The molecule has 0 fully saturated rings. The van der Waals surface area contributed by atoms with Crippen molar-refractivity contribution in [2.45, 2.75) is 463 Å². The predicted molar refractivity (Wildman–Crippen MR) is 380 cm³/mol. The van der Waals surface area contributed by atoms with Gasteiger partial charge in [-0.3, -0.25) is 9.59 Å². The first-order valence-corrected chi connectivity index (χ1v) is 39.6. The summed E-state index contributed by atoms with van der Waals surface area (Å²) in [4.78, 5) is 24.6. The highest BCUT2D eigenvalue weighted by Crippen LogP contribution is 2.20. The Balaban J connectivity index is 3.33. The lowest BCUT2D eigenvalue weighted by Crippen LogP contribution is -2.45. The van der Waals surface area contributed by atoms with Crippen molar-refractivity contribution in [1.29, 1.82) is 0 Å². The zero-order chi connectivity index (χ0) is 62.0. The fraction of sp³-hybridized carbons (Fsp3) is 0.925. The first-order valence-electron chi connectivity index (χ1n) is 39.6. The second-order valence-electron chi connectivity index (χ2n) is 27.4. The summed E-state index contributed by atoms with van der Waals surface area (Å²) < 4.78 is 5.52. The molecule has 0 spiro atoms. The minimum absolute atomic E-state index is 0.0245. The van der Waals surface area contributed by atoms with E-state index in [9.17, 15) is 19.8 Å². The number of hydrogen-bond donors (Lipinski definition) is 3. The maximum absolute atomic E-state index is 12.5. The number of carbonyl (C=O) groups is 2. The van der Waals surface area contributed by atoms with Crippen molar-refractivity contribution in [2.75, 3.05) is 13.2 Å². The van der Waals surface area contributed by atoms with E-state index in [2.05, 4.69) is 43.5 Å². The van der Waals surface area contributed by atoms with Gasteiger partial charge in [-0.1, -0.05) is 404 Å². The van der Waals surface area contributed by atoms with Gasteiger partial charge in [-0.15, -0.1) is 0 Å². The minimum atomic E-state index is -0.661. The van der Waals surface area contributed by atoms with E-state index in [0.717, 1.165) is 44.9 Å². The fourth-order valence-electron chi connectivity index (χ4n) is 12.7. The van der Waals surface area contributed by atoms with Crippen LogP contribution in [-0.2, 0) is 14.3 Å². The second kappa shape index (κ2) is 75.8. The molecule has 0 aromatic rings. The van der Waals surface area contributed by atoms with Gasteiger partial charge in [0.1, 0.15) is 0 Å². The Morgan fingerprint density at radius 1 is 0.326 bits per heavy atom. The van der Waals surface area contributed by atoms with Crippen molar-refractivity contribution >= 4 is 11.9 Å². The van der Waals surface area contributed by atoms with Gasteiger partial charge in [0, 0.05) is 12.8 Å². The molecule has 0 aliphatic carbocycles. The summed E-state index contributed by atoms with van der Waals surface area (Å²) in [5.41, 5.74) is 0. The Labute approximate surface area is 539 Å². The Hall–Kier alpha value is -1.66. The molecule has 510 valence electrons. The number of allylic oxidation sites excluding steroid dienone is 4. The van der Waals surface area contributed by atoms with E-state index in [1.54, 1.807) is 0 Å². The maximum Gasteiger partial charge on any atom is 0.305 e. The number of rotatable bonds is 75. The maximum atomic E-state index is 12.5. The Morgan fingerprint density at radius 2 is 0.581 bits per heavy atom. The van der Waals surface area contributed by atoms with Gasteiger partial charge in [-0.05, 0) is 57.8 Å². The Bertz CT molecular complexity index is 1350. The van der Waals surface area contributed by atoms with Crippen molar-refractivity contribution in [3.05, 3.63) is 24.3 Å². The monoisotopic (exact) mass is 1210 g/mol. The summed E-state index contributed by atoms with van der Waals surface area (Å²) in [5.74, 6) is -0.00517. The van der Waals surface area contributed by atoms with E-state index in [0.29, 0.717) is 25.9 Å². The Kier molecular flexibility index (Phi) is 74.3. The number of ether oxygens (including phenoxy) is 1. The van der Waals surface area contributed by atoms with Crippen molar-refractivity contribution in [3.63, 3.8) is 0 Å². The van der Waals surface area contributed by atoms with Crippen LogP contribution in [0.15, 0.2) is 24.3 Å². The van der Waals surface area contributed by atoms with Crippen LogP contribution in [0.25, 0.3) is 0 Å². The van der Waals surface area contributed by atoms with Gasteiger partial charge >= 0.3 is 5.97 Å². The van der Waals surface area contributed by atoms with Crippen molar-refractivity contribution in [3.8, 4) is 0 Å². The molecule has 2 atom stereocenters. The summed E-state index contributed by atoms with van der Waals surface area (Å²) in [6.07, 6.45) is 97.1. The summed E-state index contributed by atoms with van der Waals surface area (Å²) in [6, 6.07) is -0.538. The molecular formula is C80H155NO5. The summed E-state index contributed by atoms with van der Waals surface area (Å²) in [7, 11) is 0. The van der Waals surface area contributed by atoms with Crippen LogP contribution in [0.5, 0.6) is 0 Å². The van der Waals surface area contributed by atoms with Gasteiger partial charge in [-0.2, -0.15) is 0 Å². The van der Waals surface area contributed by atoms with E-state index >= 15 is 0 Å². The summed E-state index contributed by atoms with van der Waals surface area (Å²) >= 11 is 0. The van der Waals surface area contributed by atoms with Crippen LogP contribution in [0.3, 0.4) is 0 Å². The number of carbonyl (C=O) groups excluding carboxylic acids is 2. The molecule has 3 N–H and O–H groups in total. The average Bonchev–Trinajstić information content (AvgIpc) is 3.54. The van der Waals surface area contributed by atoms with E-state index in [4.69, 9.17) is 4.74 Å². The lowest BCUT2D eigenvalue weighted by Gasteiger charge is -2.22. The summed E-state index contributed by atoms with van der Waals surface area (Å²) in [6.45, 7) is 5.00. The first-order chi connectivity index (χ1) is 42.5. The third kappa shape index (κ3) is 71.4. The number of esters is 1. The van der Waals surface area contributed by atoms with Crippen LogP contribution >= 0.6 is 0 Å². The number of nitrogens with one attached hydrogen (secondary N) is 1. The van der Waals surface area contributed by atoms with Crippen LogP contribution in [0.4, 0.5) is 0 Å². The zero-order valence-electron chi connectivity index (χ0n) is 58.6. The standard InChI is InChI=1S/C80H155NO5/c1-3-5-7-9-11-13-15-17-18-19-39-43-46-50-54-58-62-66-70-74-80(85)86-75-71-67-63-59-55-51-47-44-41-38-36-34-32-30-28-26-24-22-20-21-23-25-27-29-31-33-35-37-40-42-45-49-53-57-61-65-69-73-79(84)81-77(76-82)78(83)72-68-64-60-56-52-48-16-14-12-10-8-6-4-2/h20,22,26,28,77-78,82-83H,3-19,21,23-25,27,29-76H2,1-2H3,(H,81,84)/b22-20-,28-26-. The normalized spacial score (nSPS) is 12.6. The lowest BCUT2D eigenvalue weighted by molar-refractivity contribution is -0.143. The molecule has 6 heteroatoms. The molecule has 0 aromatic heterocycles. The molecule has 0 heterocycles. The van der Waals surface area contributed by atoms with Crippen LogP contribution in [0.1, 0.15) is 450 Å². The highest BCUT2D eigenvalue weighted by molar-refractivity contribution is 5.76. The highest BCUT2D eigenvalue weighted by atomic mass is 16.5. The molecule has 0 rings (SSSR count). The average molecular weight is 1210 g/mol. The summed E-state index contributed by atoms with van der Waals surface area (Å²) in [5, 5.41) is 23.3. The molecule has 0 saturated carbocycles. The van der Waals surface area contributed by atoms with Crippen LogP contribution in [-0.4, -0.2) is 47.4 Å². The lowest BCUT2D eigenvalue weighted by atomic mass is 10.0. The fourth-order valence-corrected chi connectivity index (χ4v) is 12.7. The molecule has 0 aromatic carbocycles. The molecule has 6 nitrogen and oxygen atoms in total. The van der Waals surface area contributed by atoms with E-state index in [1.807, 2.05) is 0 Å². The minimum Gasteiger partial charge on any atom is -0.466 e. The molecule has 0 radical (unpaired) electrons. The van der Waals surface area contributed by atoms with Crippen LogP contribution < -0.4 is 5.32 Å². The SMILES string of the molecule is CCCCCCCCCCCCCCCCCCCCCC(=O)OCCCCCCCCCCCCCCC/C=C\C/C=C\CCCCCCCCCCCCCCCCCCCC(=O)NC(CO)C(O)CCCCCCCCCCCCCCC. The predicted octanol–water partition coefficient (Wildman–Crippen LogP) is 26.0. The molecule has 0 bridgehead atoms. The van der Waals surface area contributed by atoms with Crippen LogP contribution in [0, 0.1) is 0 Å². The van der Waals surface area contributed by atoms with Crippen molar-refractivity contribution < 1.29 is 24.5 Å². The third-order valence-electron chi connectivity index (χ3n) is 18.8. The van der Waals surface area contributed by atoms with Gasteiger partial charge in [0.15, 0.2) is 0 Å². The van der Waals surface area contributed by atoms with E-state index in [1.165, 1.54) is 372 Å². The second-order valence-corrected chi connectivity index (χ2v) is 27.4. The van der Waals surface area contributed by atoms with Gasteiger partial charge < -0.3 is 20.3 Å². The number of hydrogen-bond acceptors (Lipinski definition) is 5. The van der Waals surface area contributed by atoms with Gasteiger partial charge in [0.2, 0.25) is 5.91 Å². The molecule has 86 heavy (non-hydrogen) atoms. The quantitative estimate of drug-likeness (QED) is 0.0320. The zero-order valence-corrected chi connectivity index (χ0v) is 58.6. The first kappa shape index (κ1) is 84.3. The molecular weight excluding hydrogens is 1050 g/mol. The topological polar surface area (TPSA) is 95.9 Å². The Morgan fingerprint density at radius 3 is 0.884 bits per heavy atom. The van der Waals surface area contributed by atoms with Gasteiger partial charge in [0.25, 0.3) is 0 Å². The van der Waals surface area contributed by atoms with Gasteiger partial charge in [0.05, 0.1) is 25.4 Å². The molecule has 0 aliphatic rings. The number of aliphatic hydroxyl groups is 2. The smallest absolute Gasteiger partial charge is 0.305 e. The van der Waals surface area contributed by atoms with Crippen LogP contribution in [0.2, 0.25) is 0 Å². The number of unbranched alkanes of at least 4 members (excludes halogenated alkanes) is 60. The van der Waals surface area contributed by atoms with Crippen molar-refractivity contribution in [2.24, 2.45) is 0 Å². The third-order valence-corrected chi connectivity index (χ3v) is 18.8. The van der Waals surface area contributed by atoms with Gasteiger partial charge in [-0.25, -0.2) is 0 Å². The highest BCUT2D eigenvalue weighted by Gasteiger charge is 2.20.